The molecule has 190 valence electrons. The second kappa shape index (κ2) is 9.94. The normalized spacial score (nSPS) is 17.9. The molecule has 0 spiro atoms. The highest BCUT2D eigenvalue weighted by Crippen LogP contribution is 2.41. The molecular formula is C31H25NO6. The molecule has 2 aliphatic heterocycles. The molecule has 0 radical (unpaired) electrons. The van der Waals surface area contributed by atoms with E-state index >= 15 is 0 Å². The summed E-state index contributed by atoms with van der Waals surface area (Å²) in [5, 5.41) is 11.4. The van der Waals surface area contributed by atoms with Gasteiger partial charge < -0.3 is 23.9 Å². The van der Waals surface area contributed by atoms with Gasteiger partial charge in [-0.3, -0.25) is 9.59 Å². The minimum absolute atomic E-state index is 0.0402. The van der Waals surface area contributed by atoms with Crippen molar-refractivity contribution < 1.29 is 28.6 Å². The van der Waals surface area contributed by atoms with Crippen LogP contribution in [-0.2, 0) is 29.2 Å². The van der Waals surface area contributed by atoms with Gasteiger partial charge in [-0.25, -0.2) is 0 Å². The molecule has 3 heterocycles. The molecule has 3 aromatic carbocycles. The Labute approximate surface area is 219 Å². The Kier molecular flexibility index (Phi) is 6.17. The Bertz CT molecular complexity index is 1510. The summed E-state index contributed by atoms with van der Waals surface area (Å²) < 4.78 is 17.0. The highest BCUT2D eigenvalue weighted by atomic mass is 16.5. The molecule has 1 saturated heterocycles. The summed E-state index contributed by atoms with van der Waals surface area (Å²) in [6, 6.07) is 25.1. The molecular weight excluding hydrogens is 482 g/mol. The fraction of sp³-hybridized carbons (Fsp3) is 0.161. The highest BCUT2D eigenvalue weighted by molar-refractivity contribution is 6.46. The number of Topliss-reactive ketones (excluding diaryl/α,β-unsaturated/α-hetero) is 1. The maximum atomic E-state index is 13.3. The van der Waals surface area contributed by atoms with E-state index in [4.69, 9.17) is 13.9 Å². The molecule has 1 N–H and O–H groups in total. The lowest BCUT2D eigenvalue weighted by atomic mass is 9.94. The van der Waals surface area contributed by atoms with Crippen molar-refractivity contribution in [2.24, 2.45) is 0 Å². The zero-order valence-corrected chi connectivity index (χ0v) is 20.5. The van der Waals surface area contributed by atoms with Gasteiger partial charge in [0.15, 0.2) is 0 Å². The molecule has 0 aliphatic carbocycles. The molecule has 2 aliphatic rings. The number of aliphatic hydroxyl groups excluding tert-OH is 1. The van der Waals surface area contributed by atoms with Crippen LogP contribution in [0.2, 0.25) is 0 Å². The first kappa shape index (κ1) is 23.6. The van der Waals surface area contributed by atoms with E-state index in [2.05, 4.69) is 0 Å². The van der Waals surface area contributed by atoms with Gasteiger partial charge in [0.05, 0.1) is 31.0 Å². The fourth-order valence-electron chi connectivity index (χ4n) is 4.94. The van der Waals surface area contributed by atoms with Gasteiger partial charge in [-0.05, 0) is 59.2 Å². The number of ether oxygens (including phenoxy) is 2. The van der Waals surface area contributed by atoms with Gasteiger partial charge in [-0.1, -0.05) is 42.5 Å². The average molecular weight is 508 g/mol. The van der Waals surface area contributed by atoms with Gasteiger partial charge >= 0.3 is 0 Å². The lowest BCUT2D eigenvalue weighted by Gasteiger charge is -2.24. The molecule has 4 aromatic rings. The predicted molar refractivity (Wildman–Crippen MR) is 139 cm³/mol. The molecule has 0 bridgehead atoms. The van der Waals surface area contributed by atoms with Gasteiger partial charge in [0.25, 0.3) is 11.7 Å². The van der Waals surface area contributed by atoms with E-state index in [0.717, 1.165) is 23.3 Å². The van der Waals surface area contributed by atoms with E-state index in [9.17, 15) is 14.7 Å². The van der Waals surface area contributed by atoms with Gasteiger partial charge in [-0.15, -0.1) is 0 Å². The van der Waals surface area contributed by atoms with Crippen molar-refractivity contribution in [2.75, 3.05) is 6.61 Å². The first-order valence-corrected chi connectivity index (χ1v) is 12.4. The SMILES string of the molecule is O=C1C(=O)N(Cc2ccco2)C(c2ccc(OCc3ccccc3)cc2)/C1=C(/O)c1ccc2c(c1)CCO2. The Morgan fingerprint density at radius 3 is 2.55 bits per heavy atom. The summed E-state index contributed by atoms with van der Waals surface area (Å²) in [5.74, 6) is 0.313. The molecule has 0 saturated carbocycles. The van der Waals surface area contributed by atoms with Gasteiger partial charge in [-0.2, -0.15) is 0 Å². The zero-order valence-electron chi connectivity index (χ0n) is 20.5. The average Bonchev–Trinajstić information content (AvgIpc) is 3.70. The van der Waals surface area contributed by atoms with E-state index < -0.39 is 17.7 Å². The van der Waals surface area contributed by atoms with Crippen molar-refractivity contribution in [1.82, 2.24) is 4.90 Å². The van der Waals surface area contributed by atoms with E-state index in [1.807, 2.05) is 48.5 Å². The van der Waals surface area contributed by atoms with Crippen LogP contribution in [-0.4, -0.2) is 28.3 Å². The largest absolute Gasteiger partial charge is 0.507 e. The maximum Gasteiger partial charge on any atom is 0.296 e. The molecule has 1 aromatic heterocycles. The number of carbonyl (C=O) groups excluding carboxylic acids is 2. The number of likely N-dealkylation sites (tertiary alicyclic amines) is 1. The first-order valence-electron chi connectivity index (χ1n) is 12.4. The number of hydrogen-bond acceptors (Lipinski definition) is 6. The summed E-state index contributed by atoms with van der Waals surface area (Å²) >= 11 is 0. The lowest BCUT2D eigenvalue weighted by Crippen LogP contribution is -2.29. The highest BCUT2D eigenvalue weighted by Gasteiger charge is 2.46. The summed E-state index contributed by atoms with van der Waals surface area (Å²) in [6.45, 7) is 1.08. The van der Waals surface area contributed by atoms with Crippen molar-refractivity contribution in [1.29, 1.82) is 0 Å². The number of benzene rings is 3. The summed E-state index contributed by atoms with van der Waals surface area (Å²) in [6.07, 6.45) is 2.24. The van der Waals surface area contributed by atoms with Crippen LogP contribution >= 0.6 is 0 Å². The van der Waals surface area contributed by atoms with E-state index in [1.165, 1.54) is 11.2 Å². The van der Waals surface area contributed by atoms with Crippen LogP contribution in [0.5, 0.6) is 11.5 Å². The number of hydrogen-bond donors (Lipinski definition) is 1. The number of ketones is 1. The second-order valence-corrected chi connectivity index (χ2v) is 9.27. The molecule has 38 heavy (non-hydrogen) atoms. The Balaban J connectivity index is 1.36. The zero-order chi connectivity index (χ0) is 26.1. The third-order valence-corrected chi connectivity index (χ3v) is 6.85. The number of amides is 1. The molecule has 6 rings (SSSR count). The van der Waals surface area contributed by atoms with Crippen molar-refractivity contribution >= 4 is 17.4 Å². The maximum absolute atomic E-state index is 13.3. The molecule has 1 atom stereocenters. The van der Waals surface area contributed by atoms with E-state index in [0.29, 0.717) is 35.9 Å². The van der Waals surface area contributed by atoms with Crippen LogP contribution in [0.4, 0.5) is 0 Å². The van der Waals surface area contributed by atoms with E-state index in [1.54, 1.807) is 36.4 Å². The van der Waals surface area contributed by atoms with Gasteiger partial charge in [0, 0.05) is 12.0 Å². The number of nitrogens with zero attached hydrogens (tertiary/aromatic N) is 1. The predicted octanol–water partition coefficient (Wildman–Crippen LogP) is 5.42. The van der Waals surface area contributed by atoms with Crippen LogP contribution in [0, 0.1) is 0 Å². The van der Waals surface area contributed by atoms with Crippen molar-refractivity contribution in [3.8, 4) is 11.5 Å². The van der Waals surface area contributed by atoms with Crippen molar-refractivity contribution in [3.05, 3.63) is 125 Å². The number of aliphatic hydroxyl groups is 1. The number of carbonyl (C=O) groups is 2. The third kappa shape index (κ3) is 4.43. The second-order valence-electron chi connectivity index (χ2n) is 9.27. The molecule has 1 unspecified atom stereocenters. The quantitative estimate of drug-likeness (QED) is 0.204. The van der Waals surface area contributed by atoms with Crippen LogP contribution in [0.1, 0.15) is 34.1 Å². The standard InChI is InChI=1S/C31H25NO6/c33-29(23-10-13-26-22(17-23)14-16-37-26)27-28(32(31(35)30(27)34)18-25-7-4-15-36-25)21-8-11-24(12-9-21)38-19-20-5-2-1-3-6-20/h1-13,15,17,28,33H,14,16,18-19H2/b29-27-. The van der Waals surface area contributed by atoms with Crippen molar-refractivity contribution in [2.45, 2.75) is 25.6 Å². The minimum atomic E-state index is -0.798. The Morgan fingerprint density at radius 2 is 1.79 bits per heavy atom. The van der Waals surface area contributed by atoms with Crippen molar-refractivity contribution in [3.63, 3.8) is 0 Å². The topological polar surface area (TPSA) is 89.2 Å². The number of fused-ring (bicyclic) bond motifs is 1. The van der Waals surface area contributed by atoms with Gasteiger partial charge in [0.2, 0.25) is 0 Å². The first-order chi connectivity index (χ1) is 18.6. The van der Waals surface area contributed by atoms with E-state index in [-0.39, 0.29) is 17.9 Å². The third-order valence-electron chi connectivity index (χ3n) is 6.85. The number of furan rings is 1. The molecule has 7 heteroatoms. The summed E-state index contributed by atoms with van der Waals surface area (Å²) in [4.78, 5) is 28.0. The Morgan fingerprint density at radius 1 is 0.974 bits per heavy atom. The van der Waals surface area contributed by atoms with Gasteiger partial charge in [0.1, 0.15) is 29.6 Å². The summed E-state index contributed by atoms with van der Waals surface area (Å²) in [7, 11) is 0. The smallest absolute Gasteiger partial charge is 0.296 e. The van der Waals surface area contributed by atoms with Crippen LogP contribution in [0.25, 0.3) is 5.76 Å². The lowest BCUT2D eigenvalue weighted by molar-refractivity contribution is -0.140. The molecule has 1 amide bonds. The molecule has 1 fully saturated rings. The number of rotatable bonds is 7. The monoisotopic (exact) mass is 507 g/mol. The summed E-state index contributed by atoms with van der Waals surface area (Å²) in [5.41, 5.74) is 3.18. The fourth-order valence-corrected chi connectivity index (χ4v) is 4.94. The van der Waals surface area contributed by atoms with Crippen LogP contribution in [0.3, 0.4) is 0 Å². The Hall–Kier alpha value is -4.78. The molecule has 7 nitrogen and oxygen atoms in total. The van der Waals surface area contributed by atoms with Crippen LogP contribution < -0.4 is 9.47 Å². The minimum Gasteiger partial charge on any atom is -0.507 e. The van der Waals surface area contributed by atoms with Crippen LogP contribution in [0.15, 0.2) is 101 Å².